The van der Waals surface area contributed by atoms with Gasteiger partial charge in [0.25, 0.3) is 0 Å². The number of aryl methyl sites for hydroxylation is 1. The average molecular weight is 352 g/mol. The largest absolute Gasteiger partial charge is 0.494 e. The number of hydrogen-bond donors (Lipinski definition) is 0. The minimum absolute atomic E-state index is 0.670. The molecule has 4 nitrogen and oxygen atoms in total. The topological polar surface area (TPSA) is 31.5 Å². The normalized spacial score (nSPS) is 11.2. The number of fused-ring (bicyclic) bond motifs is 1. The van der Waals surface area contributed by atoms with Gasteiger partial charge in [-0.2, -0.15) is 0 Å². The van der Waals surface area contributed by atoms with Crippen LogP contribution in [0.3, 0.4) is 0 Å². The van der Waals surface area contributed by atoms with Crippen LogP contribution in [0.4, 0.5) is 0 Å². The lowest BCUT2D eigenvalue weighted by Gasteiger charge is -2.05. The lowest BCUT2D eigenvalue weighted by molar-refractivity contribution is 0.340. The first-order valence-electron chi connectivity index (χ1n) is 8.19. The first kappa shape index (κ1) is 15.8. The molecule has 2 aromatic heterocycles. The van der Waals surface area contributed by atoms with E-state index in [1.807, 2.05) is 61.0 Å². The smallest absolute Gasteiger partial charge is 0.214 e. The van der Waals surface area contributed by atoms with Gasteiger partial charge in [0.15, 0.2) is 0 Å². The monoisotopic (exact) mass is 351 g/mol. The minimum atomic E-state index is 0.670. The molecule has 0 saturated carbocycles. The van der Waals surface area contributed by atoms with Crippen LogP contribution in [0.5, 0.6) is 5.75 Å². The van der Waals surface area contributed by atoms with Crippen molar-refractivity contribution < 1.29 is 4.74 Å². The fourth-order valence-electron chi connectivity index (χ4n) is 3.00. The summed E-state index contributed by atoms with van der Waals surface area (Å²) in [5.74, 6) is 1.77. The van der Waals surface area contributed by atoms with Crippen molar-refractivity contribution in [2.45, 2.75) is 6.92 Å². The molecule has 0 amide bonds. The summed E-state index contributed by atoms with van der Waals surface area (Å²) in [6.07, 6.45) is 4.12. The molecule has 0 aliphatic carbocycles. The zero-order valence-corrected chi connectivity index (χ0v) is 14.9. The lowest BCUT2D eigenvalue weighted by atomic mass is 10.1. The van der Waals surface area contributed by atoms with Gasteiger partial charge in [-0.05, 0) is 48.9 Å². The molecule has 5 heteroatoms. The zero-order valence-electron chi connectivity index (χ0n) is 14.1. The highest BCUT2D eigenvalue weighted by Crippen LogP contribution is 2.27. The standard InChI is InChI=1S/C20H18ClN3O/c1-3-25-17-9-7-14(8-10-17)19-13-24-12-18(22-20(24)23(19)2)15-5-4-6-16(21)11-15/h4-13H,3H2,1-2H3. The van der Waals surface area contributed by atoms with E-state index in [9.17, 15) is 0 Å². The molecule has 0 unspecified atom stereocenters. The third-order valence-electron chi connectivity index (χ3n) is 4.22. The van der Waals surface area contributed by atoms with Crippen molar-refractivity contribution in [3.8, 4) is 28.3 Å². The number of ether oxygens (including phenoxy) is 1. The van der Waals surface area contributed by atoms with Crippen molar-refractivity contribution >= 4 is 17.4 Å². The summed E-state index contributed by atoms with van der Waals surface area (Å²) in [5.41, 5.74) is 4.15. The molecule has 0 aliphatic rings. The molecule has 0 fully saturated rings. The summed E-state index contributed by atoms with van der Waals surface area (Å²) in [6.45, 7) is 2.65. The molecule has 0 radical (unpaired) electrons. The van der Waals surface area contributed by atoms with E-state index in [-0.39, 0.29) is 0 Å². The van der Waals surface area contributed by atoms with E-state index < -0.39 is 0 Å². The molecule has 0 bridgehead atoms. The Hall–Kier alpha value is -2.72. The van der Waals surface area contributed by atoms with Crippen LogP contribution in [0.15, 0.2) is 60.9 Å². The molecule has 0 saturated heterocycles. The van der Waals surface area contributed by atoms with Gasteiger partial charge in [0.05, 0.1) is 18.0 Å². The van der Waals surface area contributed by atoms with Crippen molar-refractivity contribution in [2.75, 3.05) is 6.61 Å². The highest BCUT2D eigenvalue weighted by Gasteiger charge is 2.12. The van der Waals surface area contributed by atoms with Crippen LogP contribution in [-0.2, 0) is 7.05 Å². The molecule has 25 heavy (non-hydrogen) atoms. The molecule has 2 heterocycles. The number of hydrogen-bond acceptors (Lipinski definition) is 2. The Bertz CT molecular complexity index is 1030. The van der Waals surface area contributed by atoms with Crippen LogP contribution in [0.2, 0.25) is 5.02 Å². The van der Waals surface area contributed by atoms with Crippen LogP contribution < -0.4 is 4.74 Å². The molecule has 4 aromatic rings. The fourth-order valence-corrected chi connectivity index (χ4v) is 3.19. The number of benzene rings is 2. The predicted octanol–water partition coefficient (Wildman–Crippen LogP) is 5.06. The van der Waals surface area contributed by atoms with Gasteiger partial charge in [-0.15, -0.1) is 0 Å². The van der Waals surface area contributed by atoms with Crippen LogP contribution in [0.1, 0.15) is 6.92 Å². The van der Waals surface area contributed by atoms with Crippen molar-refractivity contribution in [2.24, 2.45) is 7.05 Å². The number of imidazole rings is 2. The second kappa shape index (κ2) is 6.30. The third kappa shape index (κ3) is 2.89. The summed E-state index contributed by atoms with van der Waals surface area (Å²) < 4.78 is 9.64. The Morgan fingerprint density at radius 1 is 1.04 bits per heavy atom. The Kier molecular flexibility index (Phi) is 3.98. The third-order valence-corrected chi connectivity index (χ3v) is 4.45. The molecule has 0 spiro atoms. The first-order valence-corrected chi connectivity index (χ1v) is 8.57. The van der Waals surface area contributed by atoms with Crippen LogP contribution in [0.25, 0.3) is 28.3 Å². The summed E-state index contributed by atoms with van der Waals surface area (Å²) in [5, 5.41) is 0.713. The van der Waals surface area contributed by atoms with E-state index in [4.69, 9.17) is 21.3 Å². The predicted molar refractivity (Wildman–Crippen MR) is 101 cm³/mol. The quantitative estimate of drug-likeness (QED) is 0.514. The van der Waals surface area contributed by atoms with Crippen molar-refractivity contribution in [3.05, 3.63) is 65.9 Å². The molecular weight excluding hydrogens is 334 g/mol. The van der Waals surface area contributed by atoms with Gasteiger partial charge in [0.2, 0.25) is 5.78 Å². The van der Waals surface area contributed by atoms with Gasteiger partial charge < -0.3 is 9.30 Å². The Balaban J connectivity index is 1.73. The minimum Gasteiger partial charge on any atom is -0.494 e. The summed E-state index contributed by atoms with van der Waals surface area (Å²) in [4.78, 5) is 4.76. The Morgan fingerprint density at radius 3 is 2.52 bits per heavy atom. The van der Waals surface area contributed by atoms with E-state index >= 15 is 0 Å². The molecule has 2 aromatic carbocycles. The van der Waals surface area contributed by atoms with E-state index in [0.29, 0.717) is 11.6 Å². The summed E-state index contributed by atoms with van der Waals surface area (Å²) in [6, 6.07) is 15.9. The Morgan fingerprint density at radius 2 is 1.84 bits per heavy atom. The summed E-state index contributed by atoms with van der Waals surface area (Å²) in [7, 11) is 2.02. The van der Waals surface area contributed by atoms with E-state index in [1.165, 1.54) is 0 Å². The van der Waals surface area contributed by atoms with E-state index in [0.717, 1.165) is 34.0 Å². The van der Waals surface area contributed by atoms with Crippen LogP contribution >= 0.6 is 11.6 Å². The van der Waals surface area contributed by atoms with Crippen LogP contribution in [-0.4, -0.2) is 20.6 Å². The number of halogens is 1. The first-order chi connectivity index (χ1) is 12.2. The lowest BCUT2D eigenvalue weighted by Crippen LogP contribution is -1.94. The maximum Gasteiger partial charge on any atom is 0.214 e. The maximum absolute atomic E-state index is 6.09. The number of nitrogens with zero attached hydrogens (tertiary/aromatic N) is 3. The molecule has 0 aliphatic heterocycles. The van der Waals surface area contributed by atoms with Crippen LogP contribution in [0, 0.1) is 0 Å². The molecule has 0 N–H and O–H groups in total. The fraction of sp³-hybridized carbons (Fsp3) is 0.150. The van der Waals surface area contributed by atoms with Crippen molar-refractivity contribution in [1.29, 1.82) is 0 Å². The molecule has 0 atom stereocenters. The molecular formula is C20H18ClN3O. The van der Waals surface area contributed by atoms with Gasteiger partial charge in [0.1, 0.15) is 5.75 Å². The highest BCUT2D eigenvalue weighted by molar-refractivity contribution is 6.30. The van der Waals surface area contributed by atoms with Crippen molar-refractivity contribution in [3.63, 3.8) is 0 Å². The Labute approximate surface area is 151 Å². The van der Waals surface area contributed by atoms with E-state index in [2.05, 4.69) is 22.9 Å². The van der Waals surface area contributed by atoms with Crippen molar-refractivity contribution in [1.82, 2.24) is 14.0 Å². The number of rotatable bonds is 4. The zero-order chi connectivity index (χ0) is 17.4. The number of aromatic nitrogens is 3. The maximum atomic E-state index is 6.09. The average Bonchev–Trinajstić information content (AvgIpc) is 3.16. The molecule has 4 rings (SSSR count). The second-order valence-corrected chi connectivity index (χ2v) is 6.31. The van der Waals surface area contributed by atoms with Gasteiger partial charge in [-0.25, -0.2) is 4.98 Å². The SMILES string of the molecule is CCOc1ccc(-c2cn3cc(-c4cccc(Cl)c4)nc3n2C)cc1. The highest BCUT2D eigenvalue weighted by atomic mass is 35.5. The van der Waals surface area contributed by atoms with Gasteiger partial charge in [0, 0.05) is 30.0 Å². The molecule has 126 valence electrons. The van der Waals surface area contributed by atoms with Gasteiger partial charge in [-0.3, -0.25) is 4.40 Å². The van der Waals surface area contributed by atoms with Gasteiger partial charge in [-0.1, -0.05) is 23.7 Å². The summed E-state index contributed by atoms with van der Waals surface area (Å²) >= 11 is 6.09. The van der Waals surface area contributed by atoms with Gasteiger partial charge >= 0.3 is 0 Å². The second-order valence-electron chi connectivity index (χ2n) is 5.87. The van der Waals surface area contributed by atoms with E-state index in [1.54, 1.807) is 0 Å².